The topological polar surface area (TPSA) is 9.23 Å². The molecule has 0 saturated carbocycles. The van der Waals surface area contributed by atoms with E-state index < -0.39 is 29.2 Å². The summed E-state index contributed by atoms with van der Waals surface area (Å²) in [5.41, 5.74) is 0.679. The highest BCUT2D eigenvalue weighted by molar-refractivity contribution is 5.84. The highest BCUT2D eigenvalue weighted by Crippen LogP contribution is 2.34. The number of alkyl halides is 3. The van der Waals surface area contributed by atoms with E-state index in [4.69, 9.17) is 4.74 Å². The van der Waals surface area contributed by atoms with Crippen molar-refractivity contribution in [3.8, 4) is 5.75 Å². The van der Waals surface area contributed by atoms with Crippen LogP contribution in [-0.4, -0.2) is 6.61 Å². The Balaban J connectivity index is 1.38. The van der Waals surface area contributed by atoms with Crippen molar-refractivity contribution in [2.24, 2.45) is 0 Å². The highest BCUT2D eigenvalue weighted by atomic mass is 19.4. The van der Waals surface area contributed by atoms with E-state index in [-0.39, 0.29) is 18.4 Å². The van der Waals surface area contributed by atoms with Crippen molar-refractivity contribution in [1.29, 1.82) is 0 Å². The summed E-state index contributed by atoms with van der Waals surface area (Å²) in [4.78, 5) is 0. The molecule has 0 aliphatic carbocycles. The van der Waals surface area contributed by atoms with E-state index in [9.17, 15) is 22.0 Å². The molecule has 0 bridgehead atoms. The van der Waals surface area contributed by atoms with Gasteiger partial charge in [0.15, 0.2) is 0 Å². The Kier molecular flexibility index (Phi) is 9.20. The molecule has 0 atom stereocenters. The summed E-state index contributed by atoms with van der Waals surface area (Å²) in [7, 11) is 0. The van der Waals surface area contributed by atoms with Crippen LogP contribution >= 0.6 is 0 Å². The van der Waals surface area contributed by atoms with Gasteiger partial charge < -0.3 is 4.74 Å². The smallest absolute Gasteiger partial charge is 0.422 e. The highest BCUT2D eigenvalue weighted by Gasteiger charge is 2.37. The lowest BCUT2D eigenvalue weighted by atomic mass is 9.97. The first kappa shape index (κ1) is 28.5. The summed E-state index contributed by atoms with van der Waals surface area (Å²) in [5, 5.41) is 1.15. The second-order valence-electron chi connectivity index (χ2n) is 9.73. The molecule has 0 unspecified atom stereocenters. The average molecular weight is 545 g/mol. The summed E-state index contributed by atoms with van der Waals surface area (Å²) < 4.78 is 87.1. The Labute approximate surface area is 224 Å². The molecule has 7 heteroatoms. The first-order valence-corrected chi connectivity index (χ1v) is 13.1. The zero-order valence-electron chi connectivity index (χ0n) is 21.7. The average Bonchev–Trinajstić information content (AvgIpc) is 2.89. The van der Waals surface area contributed by atoms with Crippen LogP contribution in [0.25, 0.3) is 10.8 Å². The number of halogens is 6. The molecule has 0 radical (unpaired) electrons. The summed E-state index contributed by atoms with van der Waals surface area (Å²) in [6, 6.07) is 18.3. The number of ether oxygens (including phenoxy) is 1. The van der Waals surface area contributed by atoms with E-state index in [1.165, 1.54) is 5.56 Å². The minimum Gasteiger partial charge on any atom is -0.494 e. The quantitative estimate of drug-likeness (QED) is 0.135. The van der Waals surface area contributed by atoms with Crippen molar-refractivity contribution in [3.63, 3.8) is 0 Å². The van der Waals surface area contributed by atoms with Crippen molar-refractivity contribution in [3.05, 3.63) is 112 Å². The molecule has 0 N–H and O–H groups in total. The maximum atomic E-state index is 15.2. The van der Waals surface area contributed by atoms with Crippen molar-refractivity contribution >= 4 is 10.8 Å². The normalized spacial score (nSPS) is 11.8. The van der Waals surface area contributed by atoms with Crippen LogP contribution in [0, 0.1) is 17.5 Å². The fourth-order valence-electron chi connectivity index (χ4n) is 4.64. The van der Waals surface area contributed by atoms with Crippen LogP contribution in [0.15, 0.2) is 66.7 Å². The molecule has 0 spiro atoms. The summed E-state index contributed by atoms with van der Waals surface area (Å²) in [6.45, 7) is 2.87. The molecule has 0 heterocycles. The minimum absolute atomic E-state index is 0.00490. The maximum absolute atomic E-state index is 15.2. The number of rotatable bonds is 11. The van der Waals surface area contributed by atoms with Gasteiger partial charge in [-0.15, -0.1) is 0 Å². The third-order valence-corrected chi connectivity index (χ3v) is 6.81. The predicted octanol–water partition coefficient (Wildman–Crippen LogP) is 9.42. The van der Waals surface area contributed by atoms with Gasteiger partial charge in [-0.25, -0.2) is 13.2 Å². The van der Waals surface area contributed by atoms with Crippen LogP contribution < -0.4 is 4.74 Å². The molecule has 4 rings (SSSR count). The summed E-state index contributed by atoms with van der Waals surface area (Å²) in [6.07, 6.45) is -0.0865. The van der Waals surface area contributed by atoms with Crippen LogP contribution in [0.2, 0.25) is 0 Å². The lowest BCUT2D eigenvalue weighted by Gasteiger charge is -2.12. The van der Waals surface area contributed by atoms with Crippen LogP contribution in [0.3, 0.4) is 0 Å². The van der Waals surface area contributed by atoms with Gasteiger partial charge in [0.05, 0.1) is 6.61 Å². The van der Waals surface area contributed by atoms with Gasteiger partial charge in [0.25, 0.3) is 0 Å². The van der Waals surface area contributed by atoms with Gasteiger partial charge >= 0.3 is 6.18 Å². The molecule has 0 amide bonds. The number of benzene rings is 4. The van der Waals surface area contributed by atoms with Gasteiger partial charge in [-0.05, 0) is 84.0 Å². The number of hydrogen-bond donors (Lipinski definition) is 0. The zero-order valence-corrected chi connectivity index (χ0v) is 21.7. The third-order valence-electron chi connectivity index (χ3n) is 6.81. The Morgan fingerprint density at radius 1 is 0.667 bits per heavy atom. The fraction of sp³-hybridized carbons (Fsp3) is 0.312. The Hall–Kier alpha value is -3.48. The number of fused-ring (bicyclic) bond motifs is 1. The summed E-state index contributed by atoms with van der Waals surface area (Å²) in [5.74, 6) is -2.92. The van der Waals surface area contributed by atoms with Gasteiger partial charge in [0.1, 0.15) is 28.8 Å². The van der Waals surface area contributed by atoms with Crippen molar-refractivity contribution < 1.29 is 31.1 Å². The van der Waals surface area contributed by atoms with Gasteiger partial charge in [-0.1, -0.05) is 62.2 Å². The molecule has 39 heavy (non-hydrogen) atoms. The van der Waals surface area contributed by atoms with E-state index >= 15 is 4.39 Å². The maximum Gasteiger partial charge on any atom is 0.422 e. The van der Waals surface area contributed by atoms with Crippen molar-refractivity contribution in [1.82, 2.24) is 0 Å². The molecule has 0 saturated heterocycles. The molecule has 206 valence electrons. The van der Waals surface area contributed by atoms with Gasteiger partial charge in [0, 0.05) is 5.39 Å². The Morgan fingerprint density at radius 3 is 1.97 bits per heavy atom. The van der Waals surface area contributed by atoms with Crippen molar-refractivity contribution in [2.45, 2.75) is 58.0 Å². The third kappa shape index (κ3) is 7.34. The minimum atomic E-state index is -5.12. The first-order chi connectivity index (χ1) is 18.7. The predicted molar refractivity (Wildman–Crippen MR) is 142 cm³/mol. The lowest BCUT2D eigenvalue weighted by Crippen LogP contribution is -2.12. The molecule has 4 aromatic rings. The molecule has 0 aliphatic rings. The molecule has 0 aromatic heterocycles. The molecular weight excluding hydrogens is 514 g/mol. The van der Waals surface area contributed by atoms with Gasteiger partial charge in [-0.2, -0.15) is 13.2 Å². The molecule has 0 aliphatic heterocycles. The summed E-state index contributed by atoms with van der Waals surface area (Å²) >= 11 is 0. The van der Waals surface area contributed by atoms with Crippen LogP contribution in [-0.2, 0) is 31.9 Å². The van der Waals surface area contributed by atoms with E-state index in [0.717, 1.165) is 48.8 Å². The van der Waals surface area contributed by atoms with Crippen molar-refractivity contribution in [2.75, 3.05) is 6.61 Å². The van der Waals surface area contributed by atoms with E-state index in [2.05, 4.69) is 19.1 Å². The largest absolute Gasteiger partial charge is 0.494 e. The molecule has 4 aromatic carbocycles. The van der Waals surface area contributed by atoms with Crippen LogP contribution in [0.5, 0.6) is 5.75 Å². The van der Waals surface area contributed by atoms with Gasteiger partial charge in [0.2, 0.25) is 0 Å². The fourth-order valence-corrected chi connectivity index (χ4v) is 4.64. The molecule has 0 fully saturated rings. The number of unbranched alkanes of at least 4 members (excludes halogenated alkanes) is 2. The van der Waals surface area contributed by atoms with E-state index in [1.807, 2.05) is 24.3 Å². The second kappa shape index (κ2) is 12.6. The van der Waals surface area contributed by atoms with Crippen LogP contribution in [0.1, 0.15) is 54.0 Å². The molecule has 1 nitrogen and oxygen atoms in total. The SMILES string of the molecule is CCCCCOc1ccc(CCc2ccc3c(F)c(CCc4cc(F)c(C(F)(F)F)c(F)c4)ccc3c2)cc1. The van der Waals surface area contributed by atoms with E-state index in [0.29, 0.717) is 29.7 Å². The Bertz CT molecular complexity index is 1390. The van der Waals surface area contributed by atoms with Crippen LogP contribution in [0.4, 0.5) is 26.3 Å². The zero-order chi connectivity index (χ0) is 28.0. The molecular formula is C32H30F6O. The lowest BCUT2D eigenvalue weighted by molar-refractivity contribution is -0.142. The Morgan fingerprint density at radius 2 is 1.31 bits per heavy atom. The second-order valence-corrected chi connectivity index (χ2v) is 9.73. The number of aryl methyl sites for hydroxylation is 4. The standard InChI is InChI=1S/C32H30F6O/c1-2-3-4-17-39-26-14-8-21(9-15-26)5-6-22-10-16-27-25(18-22)13-12-24(31(27)35)11-7-23-19-28(33)30(29(34)20-23)32(36,37)38/h8-10,12-16,18-20H,2-7,11,17H2,1H3. The van der Waals surface area contributed by atoms with E-state index in [1.54, 1.807) is 18.2 Å². The monoisotopic (exact) mass is 544 g/mol. The first-order valence-electron chi connectivity index (χ1n) is 13.1. The number of hydrogen-bond acceptors (Lipinski definition) is 1. The van der Waals surface area contributed by atoms with Gasteiger partial charge in [-0.3, -0.25) is 0 Å².